The predicted molar refractivity (Wildman–Crippen MR) is 247 cm³/mol. The van der Waals surface area contributed by atoms with Gasteiger partial charge in [0.2, 0.25) is 0 Å². The van der Waals surface area contributed by atoms with Gasteiger partial charge in [0.05, 0.1) is 0 Å². The number of rotatable bonds is 43. The van der Waals surface area contributed by atoms with E-state index in [1.165, 1.54) is 109 Å². The quantitative estimate of drug-likeness (QED) is 0.0264. The second-order valence-electron chi connectivity index (χ2n) is 16.1. The lowest BCUT2D eigenvalue weighted by molar-refractivity contribution is -0.167. The summed E-state index contributed by atoms with van der Waals surface area (Å²) in [6.45, 7) is 6.45. The third kappa shape index (κ3) is 44.2. The van der Waals surface area contributed by atoms with Crippen LogP contribution in [0.1, 0.15) is 233 Å². The normalized spacial score (nSPS) is 12.5. The second-order valence-corrected chi connectivity index (χ2v) is 16.1. The molecule has 0 N–H and O–H groups in total. The summed E-state index contributed by atoms with van der Waals surface area (Å²) >= 11 is 0. The van der Waals surface area contributed by atoms with E-state index in [0.29, 0.717) is 19.3 Å². The van der Waals surface area contributed by atoms with Crippen molar-refractivity contribution in [2.75, 3.05) is 13.2 Å². The van der Waals surface area contributed by atoms with Crippen molar-refractivity contribution in [3.05, 3.63) is 60.8 Å². The van der Waals surface area contributed by atoms with Crippen LogP contribution in [0, 0.1) is 0 Å². The summed E-state index contributed by atoms with van der Waals surface area (Å²) < 4.78 is 16.7. The minimum Gasteiger partial charge on any atom is -0.462 e. The lowest BCUT2D eigenvalue weighted by atomic mass is 10.1. The first-order valence-electron chi connectivity index (χ1n) is 24.3. The maximum atomic E-state index is 12.7. The molecule has 58 heavy (non-hydrogen) atoms. The van der Waals surface area contributed by atoms with Crippen LogP contribution in [0.5, 0.6) is 0 Å². The zero-order chi connectivity index (χ0) is 42.3. The van der Waals surface area contributed by atoms with Crippen LogP contribution < -0.4 is 0 Å². The van der Waals surface area contributed by atoms with Gasteiger partial charge in [-0.3, -0.25) is 14.4 Å². The number of hydrogen-bond acceptors (Lipinski definition) is 6. The van der Waals surface area contributed by atoms with Crippen molar-refractivity contribution in [1.82, 2.24) is 0 Å². The van der Waals surface area contributed by atoms with Crippen LogP contribution in [0.2, 0.25) is 0 Å². The minimum absolute atomic E-state index is 0.0868. The van der Waals surface area contributed by atoms with Crippen molar-refractivity contribution >= 4 is 17.9 Å². The molecule has 0 aliphatic carbocycles. The Bertz CT molecular complexity index is 1070. The van der Waals surface area contributed by atoms with Crippen LogP contribution >= 0.6 is 0 Å². The molecule has 0 amide bonds. The Labute approximate surface area is 358 Å². The van der Waals surface area contributed by atoms with Crippen molar-refractivity contribution in [2.24, 2.45) is 0 Å². The molecule has 0 aromatic carbocycles. The minimum atomic E-state index is -0.787. The summed E-state index contributed by atoms with van der Waals surface area (Å²) in [7, 11) is 0. The number of hydrogen-bond donors (Lipinski definition) is 0. The van der Waals surface area contributed by atoms with E-state index >= 15 is 0 Å². The van der Waals surface area contributed by atoms with E-state index in [1.807, 2.05) is 0 Å². The zero-order valence-electron chi connectivity index (χ0n) is 38.0. The highest BCUT2D eigenvalue weighted by atomic mass is 16.6. The van der Waals surface area contributed by atoms with Crippen molar-refractivity contribution < 1.29 is 28.6 Å². The standard InChI is InChI=1S/C52H90O6/c1-4-7-10-13-16-19-21-23-25-27-28-30-33-36-39-42-45-51(54)57-48-49(47-56-50(53)44-41-38-35-32-18-15-12-9-6-3)58-52(55)46-43-40-37-34-31-29-26-24-22-20-17-14-11-8-5-2/h8,11,14,17,20,22,25,27-28,30,49H,4-7,9-10,12-13,15-16,18-19,21,23-24,26,29,31-48H2,1-3H3/b11-8-,17-14-,22-20-,27-25-,30-28-. The van der Waals surface area contributed by atoms with Gasteiger partial charge >= 0.3 is 17.9 Å². The van der Waals surface area contributed by atoms with E-state index < -0.39 is 6.10 Å². The number of allylic oxidation sites excluding steroid dienone is 10. The number of esters is 3. The first-order valence-corrected chi connectivity index (χ1v) is 24.3. The fourth-order valence-corrected chi connectivity index (χ4v) is 6.67. The molecule has 6 heteroatoms. The Morgan fingerprint density at radius 1 is 0.362 bits per heavy atom. The van der Waals surface area contributed by atoms with Gasteiger partial charge in [0.25, 0.3) is 0 Å². The summed E-state index contributed by atoms with van der Waals surface area (Å²) in [5.74, 6) is -0.929. The fourth-order valence-electron chi connectivity index (χ4n) is 6.67. The maximum Gasteiger partial charge on any atom is 0.306 e. The molecular weight excluding hydrogens is 721 g/mol. The number of carbonyl (C=O) groups is 3. The molecule has 0 aliphatic heterocycles. The molecule has 334 valence electrons. The summed E-state index contributed by atoms with van der Waals surface area (Å²) in [6, 6.07) is 0. The Hall–Kier alpha value is -2.89. The van der Waals surface area contributed by atoms with Crippen LogP contribution in [-0.4, -0.2) is 37.2 Å². The molecule has 0 rings (SSSR count). The monoisotopic (exact) mass is 811 g/mol. The molecule has 6 nitrogen and oxygen atoms in total. The molecule has 0 bridgehead atoms. The predicted octanol–water partition coefficient (Wildman–Crippen LogP) is 15.7. The summed E-state index contributed by atoms with van der Waals surface area (Å²) in [5.41, 5.74) is 0. The third-order valence-electron chi connectivity index (χ3n) is 10.3. The second kappa shape index (κ2) is 46.8. The zero-order valence-corrected chi connectivity index (χ0v) is 38.0. The Kier molecular flexibility index (Phi) is 44.5. The fraction of sp³-hybridized carbons (Fsp3) is 0.750. The van der Waals surface area contributed by atoms with Crippen LogP contribution in [-0.2, 0) is 28.6 Å². The molecule has 0 aromatic rings. The lowest BCUT2D eigenvalue weighted by Gasteiger charge is -2.18. The molecule has 0 saturated heterocycles. The number of unbranched alkanes of at least 4 members (excludes halogenated alkanes) is 25. The van der Waals surface area contributed by atoms with E-state index in [1.54, 1.807) is 0 Å². The largest absolute Gasteiger partial charge is 0.462 e. The SMILES string of the molecule is CC\C=C/C=C\C=C/CCCCCCCCCC(=O)OC(COC(=O)CCCCC/C=C\C=C/CCCCCCCCC)COC(=O)CCCCCCCCCCC. The van der Waals surface area contributed by atoms with E-state index in [4.69, 9.17) is 14.2 Å². The van der Waals surface area contributed by atoms with Crippen molar-refractivity contribution in [3.8, 4) is 0 Å². The van der Waals surface area contributed by atoms with Gasteiger partial charge in [-0.15, -0.1) is 0 Å². The van der Waals surface area contributed by atoms with E-state index in [2.05, 4.69) is 81.5 Å². The van der Waals surface area contributed by atoms with Gasteiger partial charge in [-0.25, -0.2) is 0 Å². The highest BCUT2D eigenvalue weighted by Gasteiger charge is 2.19. The smallest absolute Gasteiger partial charge is 0.306 e. The summed E-state index contributed by atoms with van der Waals surface area (Å²) in [5, 5.41) is 0. The van der Waals surface area contributed by atoms with Gasteiger partial charge < -0.3 is 14.2 Å². The van der Waals surface area contributed by atoms with Crippen molar-refractivity contribution in [1.29, 1.82) is 0 Å². The first kappa shape index (κ1) is 55.1. The van der Waals surface area contributed by atoms with Crippen LogP contribution in [0.25, 0.3) is 0 Å². The van der Waals surface area contributed by atoms with E-state index in [-0.39, 0.29) is 31.1 Å². The average Bonchev–Trinajstić information content (AvgIpc) is 3.22. The molecule has 1 unspecified atom stereocenters. The summed E-state index contributed by atoms with van der Waals surface area (Å²) in [6.07, 6.45) is 56.3. The number of ether oxygens (including phenoxy) is 3. The highest BCUT2D eigenvalue weighted by molar-refractivity contribution is 5.71. The van der Waals surface area contributed by atoms with Gasteiger partial charge in [0, 0.05) is 19.3 Å². The van der Waals surface area contributed by atoms with Crippen molar-refractivity contribution in [2.45, 2.75) is 239 Å². The van der Waals surface area contributed by atoms with Gasteiger partial charge in [0.1, 0.15) is 13.2 Å². The molecular formula is C52H90O6. The van der Waals surface area contributed by atoms with Crippen LogP contribution in [0.15, 0.2) is 60.8 Å². The van der Waals surface area contributed by atoms with Gasteiger partial charge in [-0.05, 0) is 64.2 Å². The topological polar surface area (TPSA) is 78.9 Å². The molecule has 0 saturated carbocycles. The lowest BCUT2D eigenvalue weighted by Crippen LogP contribution is -2.30. The summed E-state index contributed by atoms with van der Waals surface area (Å²) in [4.78, 5) is 37.8. The van der Waals surface area contributed by atoms with Crippen LogP contribution in [0.4, 0.5) is 0 Å². The molecule has 0 heterocycles. The Morgan fingerprint density at radius 3 is 1.07 bits per heavy atom. The highest BCUT2D eigenvalue weighted by Crippen LogP contribution is 2.14. The van der Waals surface area contributed by atoms with Gasteiger partial charge in [-0.1, -0.05) is 210 Å². The molecule has 0 fully saturated rings. The molecule has 0 aliphatic rings. The molecule has 1 atom stereocenters. The van der Waals surface area contributed by atoms with Crippen LogP contribution in [0.3, 0.4) is 0 Å². The average molecular weight is 811 g/mol. The number of carbonyl (C=O) groups excluding carboxylic acids is 3. The van der Waals surface area contributed by atoms with Crippen molar-refractivity contribution in [3.63, 3.8) is 0 Å². The maximum absolute atomic E-state index is 12.7. The van der Waals surface area contributed by atoms with Gasteiger partial charge in [0.15, 0.2) is 6.10 Å². The van der Waals surface area contributed by atoms with Gasteiger partial charge in [-0.2, -0.15) is 0 Å². The van der Waals surface area contributed by atoms with E-state index in [0.717, 1.165) is 83.5 Å². The Balaban J connectivity index is 4.40. The molecule has 0 aromatic heterocycles. The molecule has 0 spiro atoms. The third-order valence-corrected chi connectivity index (χ3v) is 10.3. The molecule has 0 radical (unpaired) electrons. The van der Waals surface area contributed by atoms with E-state index in [9.17, 15) is 14.4 Å². The Morgan fingerprint density at radius 2 is 0.672 bits per heavy atom. The first-order chi connectivity index (χ1) is 28.5.